The van der Waals surface area contributed by atoms with Gasteiger partial charge in [-0.1, -0.05) is 6.07 Å². The van der Waals surface area contributed by atoms with Gasteiger partial charge in [0.25, 0.3) is 5.91 Å². The molecule has 3 unspecified atom stereocenters. The van der Waals surface area contributed by atoms with Crippen LogP contribution in [0, 0.1) is 24.7 Å². The van der Waals surface area contributed by atoms with E-state index in [0.29, 0.717) is 29.7 Å². The van der Waals surface area contributed by atoms with E-state index in [1.807, 2.05) is 12.1 Å². The Balaban J connectivity index is 1.71. The van der Waals surface area contributed by atoms with Gasteiger partial charge in [-0.2, -0.15) is 0 Å². The predicted octanol–water partition coefficient (Wildman–Crippen LogP) is 2.68. The maximum Gasteiger partial charge on any atom is 0.255 e. The first-order valence-electron chi connectivity index (χ1n) is 10.7. The molecule has 1 fully saturated rings. The smallest absolute Gasteiger partial charge is 0.255 e. The molecule has 33 heavy (non-hydrogen) atoms. The van der Waals surface area contributed by atoms with Crippen molar-refractivity contribution in [1.29, 1.82) is 0 Å². The second-order valence-corrected chi connectivity index (χ2v) is 8.91. The molecule has 2 aromatic rings. The van der Waals surface area contributed by atoms with Gasteiger partial charge in [0, 0.05) is 23.8 Å². The Hall–Kier alpha value is -3.94. The minimum absolute atomic E-state index is 0.0810. The number of hydrogen-bond donors (Lipinski definition) is 4. The van der Waals surface area contributed by atoms with Crippen LogP contribution < -0.4 is 5.73 Å². The monoisotopic (exact) mass is 446 g/mol. The van der Waals surface area contributed by atoms with Crippen LogP contribution in [0.5, 0.6) is 5.75 Å². The number of primary amides is 1. The second-order valence-electron chi connectivity index (χ2n) is 8.91. The zero-order valence-electron chi connectivity index (χ0n) is 17.8. The molecule has 168 valence electrons. The van der Waals surface area contributed by atoms with Crippen LogP contribution in [0.4, 0.5) is 0 Å². The zero-order chi connectivity index (χ0) is 23.6. The molecule has 8 heteroatoms. The molecule has 1 heterocycles. The zero-order valence-corrected chi connectivity index (χ0v) is 17.8. The maximum absolute atomic E-state index is 13.5. The van der Waals surface area contributed by atoms with Crippen molar-refractivity contribution < 1.29 is 29.7 Å². The number of Topliss-reactive ketones (excluding diaryl/α,β-unsaturated/α-hetero) is 2. The maximum atomic E-state index is 13.5. The van der Waals surface area contributed by atoms with E-state index in [0.717, 1.165) is 5.56 Å². The van der Waals surface area contributed by atoms with Crippen LogP contribution in [0.25, 0.3) is 17.0 Å². The molecule has 3 atom stereocenters. The third-order valence-electron chi connectivity index (χ3n) is 7.02. The summed E-state index contributed by atoms with van der Waals surface area (Å²) < 4.78 is 0. The number of aromatic nitrogens is 1. The van der Waals surface area contributed by atoms with E-state index in [9.17, 15) is 29.7 Å². The van der Waals surface area contributed by atoms with E-state index in [1.54, 1.807) is 25.3 Å². The number of carbonyl (C=O) groups is 3. The SMILES string of the molecule is Cc1cc(-c2ccccn2)c2c(c1O)C(O)=C1C(=O)C3C(O)=C(C(N)=O)C(=O)CC3CC1C2. The summed E-state index contributed by atoms with van der Waals surface area (Å²) in [5.41, 5.74) is 7.60. The van der Waals surface area contributed by atoms with Crippen LogP contribution in [-0.4, -0.2) is 37.8 Å². The van der Waals surface area contributed by atoms with Crippen LogP contribution in [0.15, 0.2) is 47.4 Å². The number of benzene rings is 1. The second kappa shape index (κ2) is 7.30. The molecule has 0 bridgehead atoms. The van der Waals surface area contributed by atoms with Gasteiger partial charge < -0.3 is 21.1 Å². The number of ketones is 2. The number of rotatable bonds is 2. The van der Waals surface area contributed by atoms with Crippen molar-refractivity contribution in [2.24, 2.45) is 23.5 Å². The minimum atomic E-state index is -1.12. The van der Waals surface area contributed by atoms with Crippen molar-refractivity contribution >= 4 is 23.2 Å². The van der Waals surface area contributed by atoms with Gasteiger partial charge in [-0.05, 0) is 60.9 Å². The van der Waals surface area contributed by atoms with Crippen LogP contribution in [0.2, 0.25) is 0 Å². The fourth-order valence-corrected chi connectivity index (χ4v) is 5.59. The first kappa shape index (κ1) is 20.9. The van der Waals surface area contributed by atoms with Crippen molar-refractivity contribution in [2.45, 2.75) is 26.2 Å². The Labute approximate surface area is 189 Å². The summed E-state index contributed by atoms with van der Waals surface area (Å²) in [6.07, 6.45) is 2.28. The van der Waals surface area contributed by atoms with Gasteiger partial charge in [-0.25, -0.2) is 0 Å². The number of allylic oxidation sites excluding steroid dienone is 2. The van der Waals surface area contributed by atoms with Gasteiger partial charge in [-0.3, -0.25) is 19.4 Å². The number of aromatic hydroxyl groups is 1. The Morgan fingerprint density at radius 2 is 1.91 bits per heavy atom. The highest BCUT2D eigenvalue weighted by Gasteiger charge is 2.51. The number of aryl methyl sites for hydroxylation is 1. The number of aliphatic hydroxyl groups is 2. The Bertz CT molecular complexity index is 1310. The van der Waals surface area contributed by atoms with E-state index in [-0.39, 0.29) is 29.1 Å². The summed E-state index contributed by atoms with van der Waals surface area (Å²) in [5, 5.41) is 32.6. The summed E-state index contributed by atoms with van der Waals surface area (Å²) in [6, 6.07) is 7.27. The molecule has 0 saturated heterocycles. The number of aliphatic hydroxyl groups excluding tert-OH is 2. The molecule has 0 aliphatic heterocycles. The van der Waals surface area contributed by atoms with Gasteiger partial charge in [0.1, 0.15) is 22.8 Å². The molecule has 5 N–H and O–H groups in total. The number of nitrogens with two attached hydrogens (primary N) is 1. The van der Waals surface area contributed by atoms with Crippen molar-refractivity contribution in [3.8, 4) is 17.0 Å². The van der Waals surface area contributed by atoms with E-state index >= 15 is 0 Å². The molecule has 3 aliphatic rings. The summed E-state index contributed by atoms with van der Waals surface area (Å²) in [7, 11) is 0. The number of pyridine rings is 1. The fourth-order valence-electron chi connectivity index (χ4n) is 5.59. The van der Waals surface area contributed by atoms with E-state index in [4.69, 9.17) is 5.73 Å². The van der Waals surface area contributed by atoms with Crippen molar-refractivity contribution in [1.82, 2.24) is 4.98 Å². The third kappa shape index (κ3) is 2.97. The van der Waals surface area contributed by atoms with Crippen molar-refractivity contribution in [3.63, 3.8) is 0 Å². The summed E-state index contributed by atoms with van der Waals surface area (Å²) >= 11 is 0. The van der Waals surface area contributed by atoms with Crippen LogP contribution in [0.1, 0.15) is 29.5 Å². The topological polar surface area (TPSA) is 151 Å². The van der Waals surface area contributed by atoms with E-state index in [1.165, 1.54) is 0 Å². The number of phenols is 1. The highest BCUT2D eigenvalue weighted by atomic mass is 16.3. The highest BCUT2D eigenvalue weighted by molar-refractivity contribution is 6.21. The average Bonchev–Trinajstić information content (AvgIpc) is 2.75. The standard InChI is InChI=1S/C25H22N2O6/c1-10-6-13(15-4-2-3-5-27-15)14-8-11-7-12-9-16(28)20(25(26)33)24(32)18(12)22(30)17(11)23(31)19(14)21(10)29/h2-6,11-12,18,29,31-32H,7-9H2,1H3,(H2,26,33). The Kier molecular flexibility index (Phi) is 4.63. The molecule has 3 aliphatic carbocycles. The van der Waals surface area contributed by atoms with Crippen LogP contribution in [0.3, 0.4) is 0 Å². The largest absolute Gasteiger partial charge is 0.511 e. The molecule has 1 aromatic heterocycles. The van der Waals surface area contributed by atoms with E-state index in [2.05, 4.69) is 4.98 Å². The molecular weight excluding hydrogens is 424 g/mol. The van der Waals surface area contributed by atoms with Crippen molar-refractivity contribution in [3.05, 3.63) is 64.1 Å². The Morgan fingerprint density at radius 3 is 2.58 bits per heavy atom. The normalized spacial score (nSPS) is 24.3. The molecule has 1 amide bonds. The molecule has 0 spiro atoms. The lowest BCUT2D eigenvalue weighted by atomic mass is 9.61. The van der Waals surface area contributed by atoms with Crippen LogP contribution in [-0.2, 0) is 20.8 Å². The van der Waals surface area contributed by atoms with Gasteiger partial charge in [0.15, 0.2) is 11.6 Å². The molecule has 5 rings (SSSR count). The summed E-state index contributed by atoms with van der Waals surface area (Å²) in [4.78, 5) is 42.0. The first-order chi connectivity index (χ1) is 15.7. The lowest BCUT2D eigenvalue weighted by molar-refractivity contribution is -0.127. The summed E-state index contributed by atoms with van der Waals surface area (Å²) in [5.74, 6) is -5.34. The molecule has 8 nitrogen and oxygen atoms in total. The first-order valence-corrected chi connectivity index (χ1v) is 10.7. The molecule has 0 radical (unpaired) electrons. The molecule has 1 aromatic carbocycles. The highest BCUT2D eigenvalue weighted by Crippen LogP contribution is 2.51. The van der Waals surface area contributed by atoms with Crippen molar-refractivity contribution in [2.75, 3.05) is 0 Å². The van der Waals surface area contributed by atoms with Gasteiger partial charge in [0.2, 0.25) is 0 Å². The average molecular weight is 446 g/mol. The number of amides is 1. The number of phenolic OH excluding ortho intramolecular Hbond substituents is 1. The third-order valence-corrected chi connectivity index (χ3v) is 7.02. The Morgan fingerprint density at radius 1 is 1.15 bits per heavy atom. The lowest BCUT2D eigenvalue weighted by Crippen LogP contribution is -2.44. The molecular formula is C25H22N2O6. The molecule has 1 saturated carbocycles. The lowest BCUT2D eigenvalue weighted by Gasteiger charge is -2.41. The van der Waals surface area contributed by atoms with Gasteiger partial charge in [-0.15, -0.1) is 0 Å². The van der Waals surface area contributed by atoms with Crippen LogP contribution >= 0.6 is 0 Å². The predicted molar refractivity (Wildman–Crippen MR) is 118 cm³/mol. The number of nitrogens with zero attached hydrogens (tertiary/aromatic N) is 1. The number of hydrogen-bond acceptors (Lipinski definition) is 7. The van der Waals surface area contributed by atoms with Gasteiger partial charge in [0.05, 0.1) is 17.2 Å². The van der Waals surface area contributed by atoms with E-state index < -0.39 is 46.6 Å². The minimum Gasteiger partial charge on any atom is -0.511 e. The number of carbonyl (C=O) groups excluding carboxylic acids is 3. The number of fused-ring (bicyclic) bond motifs is 3. The quantitative estimate of drug-likeness (QED) is 0.518. The summed E-state index contributed by atoms with van der Waals surface area (Å²) in [6.45, 7) is 1.70. The van der Waals surface area contributed by atoms with Gasteiger partial charge >= 0.3 is 0 Å². The fraction of sp³-hybridized carbons (Fsp3) is 0.280.